The second kappa shape index (κ2) is 7.76. The molecular weight excluding hydrogens is 394 g/mol. The van der Waals surface area contributed by atoms with E-state index in [1.54, 1.807) is 42.3 Å². The maximum absolute atomic E-state index is 13.2. The highest BCUT2D eigenvalue weighted by atomic mass is 32.2. The van der Waals surface area contributed by atoms with Gasteiger partial charge in [-0.2, -0.15) is 4.72 Å². The lowest BCUT2D eigenvalue weighted by Gasteiger charge is -2.21. The van der Waals surface area contributed by atoms with Crippen molar-refractivity contribution in [3.05, 3.63) is 66.2 Å². The molecular formula is C20H21N3O5S. The summed E-state index contributed by atoms with van der Waals surface area (Å²) in [5, 5.41) is 0. The Hall–Kier alpha value is -3.04. The summed E-state index contributed by atoms with van der Waals surface area (Å²) < 4.78 is 47.1. The van der Waals surface area contributed by atoms with E-state index in [1.807, 2.05) is 19.2 Å². The summed E-state index contributed by atoms with van der Waals surface area (Å²) in [5.74, 6) is 2.20. The second-order valence-electron chi connectivity index (χ2n) is 6.53. The van der Waals surface area contributed by atoms with Crippen LogP contribution in [0.4, 0.5) is 0 Å². The van der Waals surface area contributed by atoms with Gasteiger partial charge in [-0.15, -0.1) is 0 Å². The number of fused-ring (bicyclic) bond motifs is 1. The third-order valence-corrected chi connectivity index (χ3v) is 6.08. The van der Waals surface area contributed by atoms with Crippen LogP contribution in [0.1, 0.15) is 17.4 Å². The molecule has 9 heteroatoms. The van der Waals surface area contributed by atoms with Crippen LogP contribution in [-0.4, -0.2) is 38.3 Å². The number of hydrogen-bond donors (Lipinski definition) is 1. The zero-order chi connectivity index (χ0) is 20.4. The molecule has 2 heterocycles. The smallest absolute Gasteiger partial charge is 0.241 e. The summed E-state index contributed by atoms with van der Waals surface area (Å²) in [5.41, 5.74) is 0.737. The maximum atomic E-state index is 13.2. The molecule has 3 aromatic rings. The minimum Gasteiger partial charge on any atom is -0.497 e. The number of sulfonamides is 1. The number of methoxy groups -OCH3 is 1. The predicted molar refractivity (Wildman–Crippen MR) is 106 cm³/mol. The summed E-state index contributed by atoms with van der Waals surface area (Å²) >= 11 is 0. The molecule has 0 saturated carbocycles. The van der Waals surface area contributed by atoms with Crippen LogP contribution in [0, 0.1) is 0 Å². The summed E-state index contributed by atoms with van der Waals surface area (Å²) in [6, 6.07) is 11.1. The van der Waals surface area contributed by atoms with Crippen LogP contribution in [0.5, 0.6) is 17.2 Å². The standard InChI is InChI=1S/C20H21N3O5S/c1-23-10-9-21-20(23)19(14-3-5-15(26-2)6-4-14)22-29(24,25)16-7-8-17-18(13-16)28-12-11-27-17/h3-10,13,19,22H,11-12H2,1-2H3. The van der Waals surface area contributed by atoms with Crippen molar-refractivity contribution in [1.29, 1.82) is 0 Å². The van der Waals surface area contributed by atoms with Crippen molar-refractivity contribution in [3.8, 4) is 17.2 Å². The fraction of sp³-hybridized carbons (Fsp3) is 0.250. The number of imidazole rings is 1. The van der Waals surface area contributed by atoms with Crippen molar-refractivity contribution >= 4 is 10.0 Å². The quantitative estimate of drug-likeness (QED) is 0.664. The fourth-order valence-electron chi connectivity index (χ4n) is 3.14. The first-order valence-electron chi connectivity index (χ1n) is 9.01. The van der Waals surface area contributed by atoms with E-state index in [2.05, 4.69) is 9.71 Å². The maximum Gasteiger partial charge on any atom is 0.241 e. The Labute approximate surface area is 169 Å². The van der Waals surface area contributed by atoms with E-state index < -0.39 is 16.1 Å². The number of ether oxygens (including phenoxy) is 3. The highest BCUT2D eigenvalue weighted by Crippen LogP contribution is 2.33. The number of benzene rings is 2. The predicted octanol–water partition coefficient (Wildman–Crippen LogP) is 2.27. The van der Waals surface area contributed by atoms with Crippen molar-refractivity contribution in [1.82, 2.24) is 14.3 Å². The molecule has 1 aromatic heterocycles. The van der Waals surface area contributed by atoms with Gasteiger partial charge in [0, 0.05) is 25.5 Å². The molecule has 1 atom stereocenters. The average Bonchev–Trinajstić information content (AvgIpc) is 3.17. The highest BCUT2D eigenvalue weighted by Gasteiger charge is 2.27. The van der Waals surface area contributed by atoms with Crippen LogP contribution in [0.3, 0.4) is 0 Å². The Morgan fingerprint density at radius 1 is 1.10 bits per heavy atom. The number of hydrogen-bond acceptors (Lipinski definition) is 6. The average molecular weight is 415 g/mol. The fourth-order valence-corrected chi connectivity index (χ4v) is 4.33. The first-order valence-corrected chi connectivity index (χ1v) is 10.5. The summed E-state index contributed by atoms with van der Waals surface area (Å²) in [7, 11) is -0.474. The SMILES string of the molecule is COc1ccc(C(NS(=O)(=O)c2ccc3c(c2)OCCO3)c2nccn2C)cc1. The first kappa shape index (κ1) is 19.3. The van der Waals surface area contributed by atoms with Crippen LogP contribution in [-0.2, 0) is 17.1 Å². The second-order valence-corrected chi connectivity index (χ2v) is 8.24. The molecule has 1 N–H and O–H groups in total. The molecule has 0 bridgehead atoms. The van der Waals surface area contributed by atoms with E-state index in [0.717, 1.165) is 5.56 Å². The Morgan fingerprint density at radius 2 is 1.83 bits per heavy atom. The number of nitrogens with zero attached hydrogens (tertiary/aromatic N) is 2. The molecule has 8 nitrogen and oxygen atoms in total. The molecule has 0 saturated heterocycles. The van der Waals surface area contributed by atoms with Gasteiger partial charge >= 0.3 is 0 Å². The van der Waals surface area contributed by atoms with Gasteiger partial charge in [0.1, 0.15) is 30.8 Å². The van der Waals surface area contributed by atoms with Crippen LogP contribution >= 0.6 is 0 Å². The molecule has 1 unspecified atom stereocenters. The molecule has 152 valence electrons. The van der Waals surface area contributed by atoms with E-state index in [-0.39, 0.29) is 4.90 Å². The van der Waals surface area contributed by atoms with Gasteiger partial charge in [0.05, 0.1) is 12.0 Å². The molecule has 1 aliphatic rings. The van der Waals surface area contributed by atoms with Crippen molar-refractivity contribution in [2.75, 3.05) is 20.3 Å². The van der Waals surface area contributed by atoms with Crippen molar-refractivity contribution in [3.63, 3.8) is 0 Å². The van der Waals surface area contributed by atoms with Gasteiger partial charge < -0.3 is 18.8 Å². The third-order valence-electron chi connectivity index (χ3n) is 4.66. The van der Waals surface area contributed by atoms with Gasteiger partial charge in [-0.25, -0.2) is 13.4 Å². The summed E-state index contributed by atoms with van der Waals surface area (Å²) in [6.45, 7) is 0.821. The monoisotopic (exact) mass is 415 g/mol. The Bertz CT molecular complexity index is 1110. The van der Waals surface area contributed by atoms with Gasteiger partial charge in [-0.05, 0) is 29.8 Å². The molecule has 0 radical (unpaired) electrons. The zero-order valence-electron chi connectivity index (χ0n) is 16.0. The van der Waals surface area contributed by atoms with Gasteiger partial charge in [0.25, 0.3) is 0 Å². The number of aryl methyl sites for hydroxylation is 1. The topological polar surface area (TPSA) is 91.7 Å². The van der Waals surface area contributed by atoms with E-state index >= 15 is 0 Å². The molecule has 0 aliphatic carbocycles. The Morgan fingerprint density at radius 3 is 2.48 bits per heavy atom. The minimum absolute atomic E-state index is 0.0921. The molecule has 2 aromatic carbocycles. The summed E-state index contributed by atoms with van der Waals surface area (Å²) in [6.07, 6.45) is 3.40. The van der Waals surface area contributed by atoms with E-state index in [9.17, 15) is 8.42 Å². The largest absolute Gasteiger partial charge is 0.497 e. The van der Waals surface area contributed by atoms with Crippen molar-refractivity contribution in [2.45, 2.75) is 10.9 Å². The van der Waals surface area contributed by atoms with Crippen LogP contribution in [0.15, 0.2) is 59.8 Å². The molecule has 0 spiro atoms. The molecule has 29 heavy (non-hydrogen) atoms. The van der Waals surface area contributed by atoms with Crippen LogP contribution < -0.4 is 18.9 Å². The lowest BCUT2D eigenvalue weighted by molar-refractivity contribution is 0.171. The van der Waals surface area contributed by atoms with E-state index in [1.165, 1.54) is 12.1 Å². The number of nitrogens with one attached hydrogen (secondary N) is 1. The Kier molecular flexibility index (Phi) is 5.16. The lowest BCUT2D eigenvalue weighted by Crippen LogP contribution is -2.31. The van der Waals surface area contributed by atoms with Gasteiger partial charge in [0.2, 0.25) is 10.0 Å². The van der Waals surface area contributed by atoms with Gasteiger partial charge in [0.15, 0.2) is 11.5 Å². The van der Waals surface area contributed by atoms with Gasteiger partial charge in [-0.3, -0.25) is 0 Å². The Balaban J connectivity index is 1.70. The summed E-state index contributed by atoms with van der Waals surface area (Å²) in [4.78, 5) is 4.44. The van der Waals surface area contributed by atoms with Gasteiger partial charge in [-0.1, -0.05) is 12.1 Å². The van der Waals surface area contributed by atoms with E-state index in [4.69, 9.17) is 14.2 Å². The number of aromatic nitrogens is 2. The van der Waals surface area contributed by atoms with E-state index in [0.29, 0.717) is 36.3 Å². The highest BCUT2D eigenvalue weighted by molar-refractivity contribution is 7.89. The normalized spacial score (nSPS) is 14.4. The minimum atomic E-state index is -3.87. The van der Waals surface area contributed by atoms with Crippen LogP contribution in [0.25, 0.3) is 0 Å². The lowest BCUT2D eigenvalue weighted by atomic mass is 10.1. The van der Waals surface area contributed by atoms with Crippen molar-refractivity contribution < 1.29 is 22.6 Å². The molecule has 0 fully saturated rings. The molecule has 1 aliphatic heterocycles. The number of rotatable bonds is 6. The van der Waals surface area contributed by atoms with Crippen molar-refractivity contribution in [2.24, 2.45) is 7.05 Å². The van der Waals surface area contributed by atoms with Crippen LogP contribution in [0.2, 0.25) is 0 Å². The molecule has 4 rings (SSSR count). The zero-order valence-corrected chi connectivity index (χ0v) is 16.8. The first-order chi connectivity index (χ1) is 14.0. The molecule has 0 amide bonds. The third kappa shape index (κ3) is 3.92.